The molecule has 0 aliphatic carbocycles. The summed E-state index contributed by atoms with van der Waals surface area (Å²) in [6, 6.07) is 0. The molecule has 0 amide bonds. The smallest absolute Gasteiger partial charge is 0.168 e. The van der Waals surface area contributed by atoms with Gasteiger partial charge in [-0.1, -0.05) is 5.16 Å². The van der Waals surface area contributed by atoms with Crippen molar-refractivity contribution in [2.75, 3.05) is 6.54 Å². The van der Waals surface area contributed by atoms with Crippen LogP contribution in [-0.2, 0) is 6.54 Å². The van der Waals surface area contributed by atoms with E-state index in [-0.39, 0.29) is 0 Å². The Labute approximate surface area is 87.1 Å². The summed E-state index contributed by atoms with van der Waals surface area (Å²) < 4.78 is 6.82. The molecule has 0 atom stereocenters. The van der Waals surface area contributed by atoms with Gasteiger partial charge in [-0.25, -0.2) is 0 Å². The standard InChI is InChI=1S/C9H13N5O/c1-7-8(5-15-13-7)9-12-11-6-14(9)4-2-3-10/h5-6H,2-4,10H2,1H3. The van der Waals surface area contributed by atoms with Gasteiger partial charge in [-0.2, -0.15) is 0 Å². The van der Waals surface area contributed by atoms with Crippen molar-refractivity contribution in [1.82, 2.24) is 19.9 Å². The third-order valence-corrected chi connectivity index (χ3v) is 2.21. The van der Waals surface area contributed by atoms with Gasteiger partial charge in [0.05, 0.1) is 11.3 Å². The van der Waals surface area contributed by atoms with Crippen LogP contribution in [0.1, 0.15) is 12.1 Å². The number of nitrogens with zero attached hydrogens (tertiary/aromatic N) is 4. The Hall–Kier alpha value is -1.69. The van der Waals surface area contributed by atoms with Crippen LogP contribution < -0.4 is 5.73 Å². The summed E-state index contributed by atoms with van der Waals surface area (Å²) in [5.74, 6) is 0.780. The monoisotopic (exact) mass is 207 g/mol. The molecule has 6 nitrogen and oxygen atoms in total. The molecule has 0 aliphatic rings. The maximum Gasteiger partial charge on any atom is 0.168 e. The minimum Gasteiger partial charge on any atom is -0.364 e. The highest BCUT2D eigenvalue weighted by molar-refractivity contribution is 5.55. The van der Waals surface area contributed by atoms with E-state index in [1.165, 1.54) is 0 Å². The second-order valence-electron chi connectivity index (χ2n) is 3.30. The van der Waals surface area contributed by atoms with Gasteiger partial charge in [-0.05, 0) is 19.9 Å². The molecule has 0 radical (unpaired) electrons. The molecule has 0 bridgehead atoms. The first kappa shape index (κ1) is 9.85. The Morgan fingerprint density at radius 3 is 3.07 bits per heavy atom. The van der Waals surface area contributed by atoms with E-state index < -0.39 is 0 Å². The topological polar surface area (TPSA) is 82.8 Å². The minimum atomic E-state index is 0.653. The fourth-order valence-electron chi connectivity index (χ4n) is 1.40. The molecule has 2 aromatic rings. The third kappa shape index (κ3) is 1.89. The third-order valence-electron chi connectivity index (χ3n) is 2.21. The average molecular weight is 207 g/mol. The molecule has 15 heavy (non-hydrogen) atoms. The van der Waals surface area contributed by atoms with Crippen molar-refractivity contribution in [2.45, 2.75) is 19.9 Å². The first-order valence-electron chi connectivity index (χ1n) is 4.82. The van der Waals surface area contributed by atoms with Crippen molar-refractivity contribution in [3.63, 3.8) is 0 Å². The number of hydrogen-bond donors (Lipinski definition) is 1. The summed E-state index contributed by atoms with van der Waals surface area (Å²) in [6.07, 6.45) is 4.17. The summed E-state index contributed by atoms with van der Waals surface area (Å²) in [4.78, 5) is 0. The van der Waals surface area contributed by atoms with E-state index in [1.807, 2.05) is 11.5 Å². The number of aromatic nitrogens is 4. The molecule has 0 saturated heterocycles. The summed E-state index contributed by atoms with van der Waals surface area (Å²) in [5, 5.41) is 11.7. The van der Waals surface area contributed by atoms with Crippen molar-refractivity contribution in [1.29, 1.82) is 0 Å². The second-order valence-corrected chi connectivity index (χ2v) is 3.30. The molecule has 2 rings (SSSR count). The summed E-state index contributed by atoms with van der Waals surface area (Å²) >= 11 is 0. The Morgan fingerprint density at radius 2 is 2.40 bits per heavy atom. The average Bonchev–Trinajstić information content (AvgIpc) is 2.82. The second kappa shape index (κ2) is 4.22. The predicted octanol–water partition coefficient (Wildman–Crippen LogP) is 0.590. The van der Waals surface area contributed by atoms with Gasteiger partial charge in [-0.15, -0.1) is 10.2 Å². The van der Waals surface area contributed by atoms with E-state index in [4.69, 9.17) is 10.3 Å². The Bertz CT molecular complexity index is 433. The first-order chi connectivity index (χ1) is 7.33. The van der Waals surface area contributed by atoms with Crippen LogP contribution in [0.15, 0.2) is 17.1 Å². The van der Waals surface area contributed by atoms with Gasteiger partial charge in [0.25, 0.3) is 0 Å². The molecule has 0 aliphatic heterocycles. The molecular weight excluding hydrogens is 194 g/mol. The normalized spacial score (nSPS) is 10.8. The molecule has 80 valence electrons. The minimum absolute atomic E-state index is 0.653. The molecule has 0 fully saturated rings. The number of aryl methyl sites for hydroxylation is 2. The van der Waals surface area contributed by atoms with Crippen LogP contribution in [-0.4, -0.2) is 26.5 Å². The lowest BCUT2D eigenvalue weighted by Crippen LogP contribution is -2.06. The van der Waals surface area contributed by atoms with Crippen molar-refractivity contribution < 1.29 is 4.52 Å². The quantitative estimate of drug-likeness (QED) is 0.793. The molecule has 0 spiro atoms. The van der Waals surface area contributed by atoms with Crippen LogP contribution in [0.3, 0.4) is 0 Å². The first-order valence-corrected chi connectivity index (χ1v) is 4.82. The van der Waals surface area contributed by atoms with Gasteiger partial charge in [0.2, 0.25) is 0 Å². The highest BCUT2D eigenvalue weighted by atomic mass is 16.5. The van der Waals surface area contributed by atoms with E-state index in [9.17, 15) is 0 Å². The Balaban J connectivity index is 2.29. The van der Waals surface area contributed by atoms with Crippen LogP contribution in [0, 0.1) is 6.92 Å². The fraction of sp³-hybridized carbons (Fsp3) is 0.444. The lowest BCUT2D eigenvalue weighted by molar-refractivity contribution is 0.415. The van der Waals surface area contributed by atoms with E-state index in [2.05, 4.69) is 15.4 Å². The van der Waals surface area contributed by atoms with Crippen LogP contribution in [0.5, 0.6) is 0 Å². The van der Waals surface area contributed by atoms with Crippen LogP contribution in [0.25, 0.3) is 11.4 Å². The zero-order chi connectivity index (χ0) is 10.7. The Kier molecular flexibility index (Phi) is 2.77. The molecular formula is C9H13N5O. The molecule has 2 aromatic heterocycles. The Morgan fingerprint density at radius 1 is 1.53 bits per heavy atom. The van der Waals surface area contributed by atoms with Crippen LogP contribution in [0.2, 0.25) is 0 Å². The highest BCUT2D eigenvalue weighted by Gasteiger charge is 2.12. The zero-order valence-electron chi connectivity index (χ0n) is 8.55. The van der Waals surface area contributed by atoms with Crippen molar-refractivity contribution in [2.24, 2.45) is 5.73 Å². The number of hydrogen-bond acceptors (Lipinski definition) is 5. The van der Waals surface area contributed by atoms with Gasteiger partial charge in [0, 0.05) is 6.54 Å². The van der Waals surface area contributed by atoms with Crippen LogP contribution in [0.4, 0.5) is 0 Å². The van der Waals surface area contributed by atoms with E-state index in [0.717, 1.165) is 30.0 Å². The number of nitrogens with two attached hydrogens (primary N) is 1. The van der Waals surface area contributed by atoms with Gasteiger partial charge < -0.3 is 14.8 Å². The lowest BCUT2D eigenvalue weighted by Gasteiger charge is -2.03. The summed E-state index contributed by atoms with van der Waals surface area (Å²) in [6.45, 7) is 3.34. The van der Waals surface area contributed by atoms with Crippen molar-refractivity contribution >= 4 is 0 Å². The molecule has 0 aromatic carbocycles. The fourth-order valence-corrected chi connectivity index (χ4v) is 1.40. The van der Waals surface area contributed by atoms with Gasteiger partial charge in [0.1, 0.15) is 12.6 Å². The maximum atomic E-state index is 5.46. The maximum absolute atomic E-state index is 5.46. The molecule has 2 N–H and O–H groups in total. The van der Waals surface area contributed by atoms with Gasteiger partial charge in [-0.3, -0.25) is 0 Å². The highest BCUT2D eigenvalue weighted by Crippen LogP contribution is 2.19. The van der Waals surface area contributed by atoms with E-state index in [1.54, 1.807) is 12.6 Å². The molecule has 6 heteroatoms. The largest absolute Gasteiger partial charge is 0.364 e. The summed E-state index contributed by atoms with van der Waals surface area (Å²) in [7, 11) is 0. The van der Waals surface area contributed by atoms with Crippen molar-refractivity contribution in [3.05, 3.63) is 18.3 Å². The van der Waals surface area contributed by atoms with E-state index >= 15 is 0 Å². The van der Waals surface area contributed by atoms with Crippen LogP contribution >= 0.6 is 0 Å². The SMILES string of the molecule is Cc1nocc1-c1nncn1CCCN. The van der Waals surface area contributed by atoms with Crippen molar-refractivity contribution in [3.8, 4) is 11.4 Å². The van der Waals surface area contributed by atoms with Gasteiger partial charge >= 0.3 is 0 Å². The molecule has 0 saturated carbocycles. The lowest BCUT2D eigenvalue weighted by atomic mass is 10.2. The van der Waals surface area contributed by atoms with E-state index in [0.29, 0.717) is 6.54 Å². The molecule has 2 heterocycles. The van der Waals surface area contributed by atoms with Gasteiger partial charge in [0.15, 0.2) is 5.82 Å². The molecule has 0 unspecified atom stereocenters. The number of rotatable bonds is 4. The predicted molar refractivity (Wildman–Crippen MR) is 53.9 cm³/mol. The zero-order valence-corrected chi connectivity index (χ0v) is 8.55. The summed E-state index contributed by atoms with van der Waals surface area (Å²) in [5.41, 5.74) is 7.15.